The van der Waals surface area contributed by atoms with Crippen LogP contribution in [0.1, 0.15) is 25.5 Å². The molecule has 1 aromatic heterocycles. The zero-order valence-corrected chi connectivity index (χ0v) is 21.7. The molecule has 9 heteroatoms. The van der Waals surface area contributed by atoms with Crippen LogP contribution in [0.2, 0.25) is 0 Å². The Morgan fingerprint density at radius 1 is 1.00 bits per heavy atom. The second kappa shape index (κ2) is 10.7. The standard InChI is InChI=1S/C29H29N5O4/c1-5-38-22-14-11-19(12-15-22)27-32-29-30-18(2)25(28(35)31-21-9-7-6-8-10-21)26(34(29)33-27)20-13-16-23(36-3)24(17-20)37-4/h6-17,26H,5H2,1-4H3,(H,31,35)(H,30,32,33). The van der Waals surface area contributed by atoms with Crippen LogP contribution < -0.4 is 24.8 Å². The molecule has 4 aromatic rings. The van der Waals surface area contributed by atoms with Crippen LogP contribution in [-0.2, 0) is 4.79 Å². The van der Waals surface area contributed by atoms with Crippen molar-refractivity contribution in [3.63, 3.8) is 0 Å². The number of rotatable bonds is 8. The van der Waals surface area contributed by atoms with Gasteiger partial charge in [-0.1, -0.05) is 24.3 Å². The summed E-state index contributed by atoms with van der Waals surface area (Å²) in [5.74, 6) is 2.73. The van der Waals surface area contributed by atoms with Crippen molar-refractivity contribution in [3.05, 3.63) is 89.6 Å². The summed E-state index contributed by atoms with van der Waals surface area (Å²) in [5, 5.41) is 11.1. The molecule has 5 rings (SSSR count). The van der Waals surface area contributed by atoms with E-state index in [-0.39, 0.29) is 5.91 Å². The Labute approximate surface area is 221 Å². The first-order valence-corrected chi connectivity index (χ1v) is 12.3. The average molecular weight is 512 g/mol. The summed E-state index contributed by atoms with van der Waals surface area (Å²) >= 11 is 0. The number of carbonyl (C=O) groups excluding carboxylic acids is 1. The van der Waals surface area contributed by atoms with Crippen molar-refractivity contribution in [2.24, 2.45) is 0 Å². The Balaban J connectivity index is 1.60. The molecule has 0 fully saturated rings. The third-order valence-corrected chi connectivity index (χ3v) is 6.28. The van der Waals surface area contributed by atoms with Crippen LogP contribution in [-0.4, -0.2) is 41.5 Å². The Morgan fingerprint density at radius 3 is 2.42 bits per heavy atom. The van der Waals surface area contributed by atoms with E-state index in [1.165, 1.54) is 0 Å². The van der Waals surface area contributed by atoms with Crippen LogP contribution in [0.5, 0.6) is 17.2 Å². The Bertz CT molecular complexity index is 1480. The van der Waals surface area contributed by atoms with Crippen LogP contribution in [0.15, 0.2) is 84.1 Å². The summed E-state index contributed by atoms with van der Waals surface area (Å²) in [6.07, 6.45) is 0. The Morgan fingerprint density at radius 2 is 1.74 bits per heavy atom. The fourth-order valence-electron chi connectivity index (χ4n) is 4.49. The number of nitrogens with one attached hydrogen (secondary N) is 2. The number of aromatic nitrogens is 3. The fraction of sp³-hybridized carbons (Fsp3) is 0.207. The van der Waals surface area contributed by atoms with E-state index in [1.807, 2.05) is 86.6 Å². The maximum atomic E-state index is 13.7. The molecule has 1 atom stereocenters. The second-order valence-electron chi connectivity index (χ2n) is 8.66. The molecule has 1 amide bonds. The molecule has 0 spiro atoms. The molecule has 1 unspecified atom stereocenters. The van der Waals surface area contributed by atoms with E-state index in [0.717, 1.165) is 16.9 Å². The molecule has 0 bridgehead atoms. The molecule has 0 radical (unpaired) electrons. The van der Waals surface area contributed by atoms with Gasteiger partial charge in [0.2, 0.25) is 5.95 Å². The highest BCUT2D eigenvalue weighted by Crippen LogP contribution is 2.40. The number of allylic oxidation sites excluding steroid dienone is 1. The van der Waals surface area contributed by atoms with Crippen molar-refractivity contribution in [3.8, 4) is 28.6 Å². The smallest absolute Gasteiger partial charge is 0.255 e. The fourth-order valence-corrected chi connectivity index (χ4v) is 4.49. The summed E-state index contributed by atoms with van der Waals surface area (Å²) in [5.41, 5.74) is 3.51. The average Bonchev–Trinajstić information content (AvgIpc) is 3.36. The molecule has 1 aliphatic heterocycles. The SMILES string of the molecule is CCOc1ccc(-c2nc3n(n2)C(c2ccc(OC)c(OC)c2)C(C(=O)Nc2ccccc2)=C(C)N3)cc1. The van der Waals surface area contributed by atoms with Crippen molar-refractivity contribution < 1.29 is 19.0 Å². The van der Waals surface area contributed by atoms with Crippen LogP contribution >= 0.6 is 0 Å². The quantitative estimate of drug-likeness (QED) is 0.332. The first-order valence-electron chi connectivity index (χ1n) is 12.3. The van der Waals surface area contributed by atoms with Crippen molar-refractivity contribution in [2.45, 2.75) is 19.9 Å². The minimum absolute atomic E-state index is 0.246. The van der Waals surface area contributed by atoms with Gasteiger partial charge in [-0.3, -0.25) is 4.79 Å². The Kier molecular flexibility index (Phi) is 6.99. The van der Waals surface area contributed by atoms with Gasteiger partial charge in [-0.25, -0.2) is 4.68 Å². The highest BCUT2D eigenvalue weighted by Gasteiger charge is 2.35. The number of hydrogen-bond donors (Lipinski definition) is 2. The van der Waals surface area contributed by atoms with E-state index < -0.39 is 6.04 Å². The van der Waals surface area contributed by atoms with E-state index in [2.05, 4.69) is 10.6 Å². The molecule has 2 N–H and O–H groups in total. The first kappa shape index (κ1) is 24.9. The highest BCUT2D eigenvalue weighted by molar-refractivity contribution is 6.06. The number of amides is 1. The topological polar surface area (TPSA) is 99.5 Å². The van der Waals surface area contributed by atoms with Crippen molar-refractivity contribution in [1.29, 1.82) is 0 Å². The summed E-state index contributed by atoms with van der Waals surface area (Å²) in [4.78, 5) is 18.4. The van der Waals surface area contributed by atoms with Crippen LogP contribution in [0.25, 0.3) is 11.4 Å². The summed E-state index contributed by atoms with van der Waals surface area (Å²) in [7, 11) is 3.17. The molecule has 9 nitrogen and oxygen atoms in total. The van der Waals surface area contributed by atoms with E-state index in [1.54, 1.807) is 18.9 Å². The lowest BCUT2D eigenvalue weighted by molar-refractivity contribution is -0.113. The van der Waals surface area contributed by atoms with Gasteiger partial charge in [0, 0.05) is 16.9 Å². The number of methoxy groups -OCH3 is 2. The molecule has 0 saturated carbocycles. The van der Waals surface area contributed by atoms with Gasteiger partial charge in [-0.05, 0) is 67.9 Å². The monoisotopic (exact) mass is 511 g/mol. The molecule has 194 valence electrons. The lowest BCUT2D eigenvalue weighted by Gasteiger charge is -2.29. The lowest BCUT2D eigenvalue weighted by Crippen LogP contribution is -2.31. The van der Waals surface area contributed by atoms with Gasteiger partial charge in [-0.15, -0.1) is 5.10 Å². The van der Waals surface area contributed by atoms with Crippen LogP contribution in [0.3, 0.4) is 0 Å². The van der Waals surface area contributed by atoms with Gasteiger partial charge in [0.15, 0.2) is 17.3 Å². The molecular formula is C29H29N5O4. The van der Waals surface area contributed by atoms with Crippen molar-refractivity contribution in [2.75, 3.05) is 31.5 Å². The third kappa shape index (κ3) is 4.78. The van der Waals surface area contributed by atoms with E-state index in [9.17, 15) is 4.79 Å². The van der Waals surface area contributed by atoms with E-state index >= 15 is 0 Å². The van der Waals surface area contributed by atoms with Crippen LogP contribution in [0.4, 0.5) is 11.6 Å². The summed E-state index contributed by atoms with van der Waals surface area (Å²) in [6.45, 7) is 4.40. The van der Waals surface area contributed by atoms with Gasteiger partial charge in [-0.2, -0.15) is 4.98 Å². The number of anilines is 2. The van der Waals surface area contributed by atoms with Crippen molar-refractivity contribution >= 4 is 17.5 Å². The second-order valence-corrected chi connectivity index (χ2v) is 8.66. The molecule has 1 aliphatic rings. The number of carbonyl (C=O) groups is 1. The number of para-hydroxylation sites is 1. The number of benzene rings is 3. The number of fused-ring (bicyclic) bond motifs is 1. The Hall–Kier alpha value is -4.79. The minimum atomic E-state index is -0.571. The van der Waals surface area contributed by atoms with E-state index in [4.69, 9.17) is 24.3 Å². The maximum Gasteiger partial charge on any atom is 0.255 e. The van der Waals surface area contributed by atoms with Crippen LogP contribution in [0, 0.1) is 0 Å². The minimum Gasteiger partial charge on any atom is -0.494 e. The molecule has 0 saturated heterocycles. The number of hydrogen-bond acceptors (Lipinski definition) is 7. The maximum absolute atomic E-state index is 13.7. The zero-order chi connectivity index (χ0) is 26.6. The molecule has 0 aliphatic carbocycles. The molecular weight excluding hydrogens is 482 g/mol. The van der Waals surface area contributed by atoms with Gasteiger partial charge in [0.05, 0.1) is 26.4 Å². The van der Waals surface area contributed by atoms with Gasteiger partial charge in [0.25, 0.3) is 5.91 Å². The molecule has 38 heavy (non-hydrogen) atoms. The lowest BCUT2D eigenvalue weighted by atomic mass is 9.94. The third-order valence-electron chi connectivity index (χ3n) is 6.28. The predicted molar refractivity (Wildman–Crippen MR) is 146 cm³/mol. The summed E-state index contributed by atoms with van der Waals surface area (Å²) < 4.78 is 18.3. The normalized spacial score (nSPS) is 14.4. The summed E-state index contributed by atoms with van der Waals surface area (Å²) in [6, 6.07) is 22.0. The highest BCUT2D eigenvalue weighted by atomic mass is 16.5. The molecule has 2 heterocycles. The van der Waals surface area contributed by atoms with E-state index in [0.29, 0.717) is 46.8 Å². The first-order chi connectivity index (χ1) is 18.5. The van der Waals surface area contributed by atoms with Crippen molar-refractivity contribution in [1.82, 2.24) is 14.8 Å². The number of nitrogens with zero attached hydrogens (tertiary/aromatic N) is 3. The zero-order valence-electron chi connectivity index (χ0n) is 21.7. The molecule has 3 aromatic carbocycles. The van der Waals surface area contributed by atoms with Gasteiger partial charge in [0.1, 0.15) is 11.8 Å². The number of ether oxygens (including phenoxy) is 3. The van der Waals surface area contributed by atoms with Gasteiger partial charge < -0.3 is 24.8 Å². The van der Waals surface area contributed by atoms with Gasteiger partial charge >= 0.3 is 0 Å². The largest absolute Gasteiger partial charge is 0.494 e. The predicted octanol–water partition coefficient (Wildman–Crippen LogP) is 5.29.